The Balaban J connectivity index is 1.20. The molecule has 2 heterocycles. The molecule has 2 aliphatic carbocycles. The molecule has 0 radical (unpaired) electrons. The lowest BCUT2D eigenvalue weighted by Crippen LogP contribution is -2.60. The summed E-state index contributed by atoms with van der Waals surface area (Å²) in [5.74, 6) is 0.166. The first-order chi connectivity index (χ1) is 14.7. The highest BCUT2D eigenvalue weighted by atomic mass is 16.2. The molecular formula is C24H34N4O2. The third-order valence-corrected chi connectivity index (χ3v) is 7.75. The van der Waals surface area contributed by atoms with Gasteiger partial charge in [0.25, 0.3) is 0 Å². The summed E-state index contributed by atoms with van der Waals surface area (Å²) in [5, 5.41) is 3.00. The molecule has 6 heteroatoms. The van der Waals surface area contributed by atoms with E-state index in [0.717, 1.165) is 51.6 Å². The largest absolute Gasteiger partial charge is 0.353 e. The van der Waals surface area contributed by atoms with E-state index in [-0.39, 0.29) is 17.9 Å². The second-order valence-electron chi connectivity index (χ2n) is 9.43. The van der Waals surface area contributed by atoms with Crippen LogP contribution in [0.25, 0.3) is 0 Å². The quantitative estimate of drug-likeness (QED) is 0.816. The number of rotatable bonds is 4. The molecule has 5 rings (SSSR count). The highest BCUT2D eigenvalue weighted by molar-refractivity contribution is 5.89. The molecule has 1 aromatic carbocycles. The SMILES string of the molecule is O=C1NCCN(C2Cc3ccccc3C2)[C@@H]1CC(=O)N1CCN(C2CCCC2)CC1. The highest BCUT2D eigenvalue weighted by Crippen LogP contribution is 2.29. The average molecular weight is 411 g/mol. The van der Waals surface area contributed by atoms with E-state index < -0.39 is 0 Å². The van der Waals surface area contributed by atoms with Gasteiger partial charge in [-0.2, -0.15) is 0 Å². The van der Waals surface area contributed by atoms with Crippen LogP contribution in [0.5, 0.6) is 0 Å². The number of fused-ring (bicyclic) bond motifs is 1. The minimum atomic E-state index is -0.335. The second kappa shape index (κ2) is 8.67. The van der Waals surface area contributed by atoms with E-state index >= 15 is 0 Å². The van der Waals surface area contributed by atoms with Gasteiger partial charge in [0.2, 0.25) is 11.8 Å². The van der Waals surface area contributed by atoms with Crippen molar-refractivity contribution in [2.24, 2.45) is 0 Å². The van der Waals surface area contributed by atoms with E-state index in [2.05, 4.69) is 39.4 Å². The van der Waals surface area contributed by atoms with Crippen molar-refractivity contribution in [3.05, 3.63) is 35.4 Å². The van der Waals surface area contributed by atoms with E-state index in [1.165, 1.54) is 36.8 Å². The maximum absolute atomic E-state index is 13.1. The van der Waals surface area contributed by atoms with E-state index in [9.17, 15) is 9.59 Å². The zero-order valence-electron chi connectivity index (χ0n) is 17.9. The lowest BCUT2D eigenvalue weighted by atomic mass is 10.0. The van der Waals surface area contributed by atoms with Gasteiger partial charge in [0.05, 0.1) is 12.5 Å². The first-order valence-electron chi connectivity index (χ1n) is 11.8. The standard InChI is InChI=1S/C24H34N4O2/c29-23(27-13-11-26(12-14-27)20-7-3-4-8-20)17-22-24(30)25-9-10-28(22)21-15-18-5-1-2-6-19(18)16-21/h1-2,5-6,20-22H,3-4,7-17H2,(H,25,30)/t22-/m1/s1. The van der Waals surface area contributed by atoms with Crippen LogP contribution in [0, 0.1) is 0 Å². The van der Waals surface area contributed by atoms with Gasteiger partial charge >= 0.3 is 0 Å². The molecule has 2 amide bonds. The number of hydrogen-bond donors (Lipinski definition) is 1. The summed E-state index contributed by atoms with van der Waals surface area (Å²) in [6, 6.07) is 9.30. The smallest absolute Gasteiger partial charge is 0.237 e. The van der Waals surface area contributed by atoms with Gasteiger partial charge in [0.15, 0.2) is 0 Å². The normalized spacial score (nSPS) is 26.7. The van der Waals surface area contributed by atoms with E-state index in [4.69, 9.17) is 0 Å². The topological polar surface area (TPSA) is 55.9 Å². The van der Waals surface area contributed by atoms with Gasteiger partial charge in [-0.15, -0.1) is 0 Å². The summed E-state index contributed by atoms with van der Waals surface area (Å²) in [7, 11) is 0. The summed E-state index contributed by atoms with van der Waals surface area (Å²) in [6.07, 6.45) is 7.59. The van der Waals surface area contributed by atoms with Crippen LogP contribution in [0.1, 0.15) is 43.2 Å². The predicted octanol–water partition coefficient (Wildman–Crippen LogP) is 1.43. The number of hydrogen-bond acceptors (Lipinski definition) is 4. The Bertz CT molecular complexity index is 758. The van der Waals surface area contributed by atoms with Crippen molar-refractivity contribution in [3.63, 3.8) is 0 Å². The van der Waals surface area contributed by atoms with Crippen LogP contribution in [0.2, 0.25) is 0 Å². The Morgan fingerprint density at radius 1 is 0.933 bits per heavy atom. The fraction of sp³-hybridized carbons (Fsp3) is 0.667. The van der Waals surface area contributed by atoms with Gasteiger partial charge in [0.1, 0.15) is 0 Å². The Morgan fingerprint density at radius 3 is 2.27 bits per heavy atom. The van der Waals surface area contributed by atoms with Gasteiger partial charge in [-0.1, -0.05) is 37.1 Å². The summed E-state index contributed by atoms with van der Waals surface area (Å²) in [4.78, 5) is 32.7. The number of benzene rings is 1. The molecule has 1 atom stereocenters. The van der Waals surface area contributed by atoms with Crippen LogP contribution >= 0.6 is 0 Å². The lowest BCUT2D eigenvalue weighted by Gasteiger charge is -2.41. The molecular weight excluding hydrogens is 376 g/mol. The van der Waals surface area contributed by atoms with Gasteiger partial charge in [-0.25, -0.2) is 0 Å². The van der Waals surface area contributed by atoms with Gasteiger partial charge in [-0.3, -0.25) is 19.4 Å². The summed E-state index contributed by atoms with van der Waals surface area (Å²) >= 11 is 0. The lowest BCUT2D eigenvalue weighted by molar-refractivity contribution is -0.141. The zero-order chi connectivity index (χ0) is 20.5. The maximum Gasteiger partial charge on any atom is 0.237 e. The van der Waals surface area contributed by atoms with E-state index in [1.807, 2.05) is 4.90 Å². The minimum Gasteiger partial charge on any atom is -0.353 e. The molecule has 1 N–H and O–H groups in total. The molecule has 2 saturated heterocycles. The van der Waals surface area contributed by atoms with Crippen molar-refractivity contribution < 1.29 is 9.59 Å². The van der Waals surface area contributed by atoms with Crippen LogP contribution in [0.4, 0.5) is 0 Å². The van der Waals surface area contributed by atoms with Crippen LogP contribution in [-0.2, 0) is 22.4 Å². The molecule has 0 spiro atoms. The maximum atomic E-state index is 13.1. The van der Waals surface area contributed by atoms with Gasteiger partial charge in [-0.05, 0) is 36.8 Å². The predicted molar refractivity (Wildman–Crippen MR) is 116 cm³/mol. The van der Waals surface area contributed by atoms with Gasteiger partial charge in [0, 0.05) is 51.4 Å². The second-order valence-corrected chi connectivity index (χ2v) is 9.43. The Hall–Kier alpha value is -1.92. The third-order valence-electron chi connectivity index (χ3n) is 7.75. The molecule has 30 heavy (non-hydrogen) atoms. The summed E-state index contributed by atoms with van der Waals surface area (Å²) < 4.78 is 0. The first-order valence-corrected chi connectivity index (χ1v) is 11.8. The number of carbonyl (C=O) groups is 2. The Labute approximate surface area is 179 Å². The molecule has 0 aromatic heterocycles. The number of amides is 2. The van der Waals surface area contributed by atoms with Crippen LogP contribution in [-0.4, -0.2) is 83.9 Å². The third kappa shape index (κ3) is 4.00. The molecule has 1 aromatic rings. The van der Waals surface area contributed by atoms with Crippen LogP contribution < -0.4 is 5.32 Å². The number of nitrogens with one attached hydrogen (secondary N) is 1. The van der Waals surface area contributed by atoms with Crippen molar-refractivity contribution in [1.82, 2.24) is 20.0 Å². The molecule has 0 bridgehead atoms. The molecule has 3 fully saturated rings. The molecule has 0 unspecified atom stereocenters. The van der Waals surface area contributed by atoms with Crippen molar-refractivity contribution in [3.8, 4) is 0 Å². The summed E-state index contributed by atoms with van der Waals surface area (Å²) in [5.41, 5.74) is 2.78. The van der Waals surface area contributed by atoms with Gasteiger partial charge < -0.3 is 10.2 Å². The monoisotopic (exact) mass is 410 g/mol. The number of nitrogens with zero attached hydrogens (tertiary/aromatic N) is 3. The van der Waals surface area contributed by atoms with Crippen molar-refractivity contribution in [2.75, 3.05) is 39.3 Å². The van der Waals surface area contributed by atoms with Crippen molar-refractivity contribution in [1.29, 1.82) is 0 Å². The highest BCUT2D eigenvalue weighted by Gasteiger charge is 2.39. The fourth-order valence-electron chi connectivity index (χ4n) is 6.05. The van der Waals surface area contributed by atoms with Crippen molar-refractivity contribution in [2.45, 2.75) is 63.1 Å². The zero-order valence-corrected chi connectivity index (χ0v) is 17.9. The van der Waals surface area contributed by atoms with Crippen molar-refractivity contribution >= 4 is 11.8 Å². The minimum absolute atomic E-state index is 0.0233. The van der Waals surface area contributed by atoms with Crippen LogP contribution in [0.15, 0.2) is 24.3 Å². The van der Waals surface area contributed by atoms with E-state index in [0.29, 0.717) is 19.0 Å². The number of piperazine rings is 2. The molecule has 6 nitrogen and oxygen atoms in total. The molecule has 2 aliphatic heterocycles. The Morgan fingerprint density at radius 2 is 1.60 bits per heavy atom. The fourth-order valence-corrected chi connectivity index (χ4v) is 6.05. The number of carbonyl (C=O) groups excluding carboxylic acids is 2. The van der Waals surface area contributed by atoms with E-state index in [1.54, 1.807) is 0 Å². The molecule has 1 saturated carbocycles. The van der Waals surface area contributed by atoms with Crippen LogP contribution in [0.3, 0.4) is 0 Å². The average Bonchev–Trinajstić information content (AvgIpc) is 3.45. The first kappa shape index (κ1) is 20.0. The Kier molecular flexibility index (Phi) is 5.79. The molecule has 4 aliphatic rings. The summed E-state index contributed by atoms with van der Waals surface area (Å²) in [6.45, 7) is 5.08. The molecule has 162 valence electrons.